The van der Waals surface area contributed by atoms with Crippen LogP contribution in [-0.2, 0) is 5.54 Å². The van der Waals surface area contributed by atoms with Gasteiger partial charge in [-0.3, -0.25) is 4.98 Å². The minimum Gasteiger partial charge on any atom is -0.336 e. The topological polar surface area (TPSA) is 43.8 Å². The fourth-order valence-corrected chi connectivity index (χ4v) is 2.88. The Morgan fingerprint density at radius 3 is 2.65 bits per heavy atom. The molecule has 1 atom stereocenters. The van der Waals surface area contributed by atoms with E-state index in [4.69, 9.17) is 5.73 Å². The van der Waals surface area contributed by atoms with Gasteiger partial charge in [0.15, 0.2) is 0 Å². The average Bonchev–Trinajstić information content (AvgIpc) is 2.93. The SMILES string of the molecule is CC(CCN)(c1ccccc1)n1ccc2ncccc21. The van der Waals surface area contributed by atoms with Gasteiger partial charge in [0, 0.05) is 12.4 Å². The molecule has 0 saturated heterocycles. The van der Waals surface area contributed by atoms with Crippen LogP contribution in [0.2, 0.25) is 0 Å². The first-order chi connectivity index (χ1) is 9.75. The summed E-state index contributed by atoms with van der Waals surface area (Å²) in [6.07, 6.45) is 4.82. The molecule has 0 aliphatic carbocycles. The number of hydrogen-bond acceptors (Lipinski definition) is 2. The highest BCUT2D eigenvalue weighted by Gasteiger charge is 2.28. The molecule has 0 aliphatic heterocycles. The van der Waals surface area contributed by atoms with Crippen molar-refractivity contribution in [1.82, 2.24) is 9.55 Å². The second-order valence-corrected chi connectivity index (χ2v) is 5.27. The monoisotopic (exact) mass is 265 g/mol. The number of rotatable bonds is 4. The Hall–Kier alpha value is -2.13. The molecule has 0 spiro atoms. The summed E-state index contributed by atoms with van der Waals surface area (Å²) in [7, 11) is 0. The number of benzene rings is 1. The summed E-state index contributed by atoms with van der Waals surface area (Å²) in [4.78, 5) is 4.42. The van der Waals surface area contributed by atoms with Crippen LogP contribution in [0.4, 0.5) is 0 Å². The molecule has 0 aliphatic rings. The Labute approximate surface area is 119 Å². The van der Waals surface area contributed by atoms with Gasteiger partial charge in [0.25, 0.3) is 0 Å². The van der Waals surface area contributed by atoms with E-state index in [1.54, 1.807) is 0 Å². The van der Waals surface area contributed by atoms with E-state index >= 15 is 0 Å². The molecule has 2 N–H and O–H groups in total. The summed E-state index contributed by atoms with van der Waals surface area (Å²) in [6, 6.07) is 16.7. The van der Waals surface area contributed by atoms with Gasteiger partial charge in [-0.15, -0.1) is 0 Å². The zero-order chi connectivity index (χ0) is 14.0. The van der Waals surface area contributed by atoms with Crippen LogP contribution < -0.4 is 5.73 Å². The minimum atomic E-state index is -0.152. The Balaban J connectivity index is 2.20. The molecule has 3 nitrogen and oxygen atoms in total. The molecule has 3 rings (SSSR count). The third-order valence-electron chi connectivity index (χ3n) is 4.02. The van der Waals surface area contributed by atoms with E-state index in [1.165, 1.54) is 5.56 Å². The lowest BCUT2D eigenvalue weighted by atomic mass is 9.88. The standard InChI is InChI=1S/C17H19N3/c1-17(10-11-18,14-6-3-2-4-7-14)20-13-9-15-16(20)8-5-12-19-15/h2-9,12-13H,10-11,18H2,1H3. The second kappa shape index (κ2) is 5.10. The number of fused-ring (bicyclic) bond motifs is 1. The van der Waals surface area contributed by atoms with Gasteiger partial charge in [0.1, 0.15) is 0 Å². The van der Waals surface area contributed by atoms with Crippen molar-refractivity contribution in [3.8, 4) is 0 Å². The lowest BCUT2D eigenvalue weighted by Gasteiger charge is -2.33. The van der Waals surface area contributed by atoms with Crippen LogP contribution in [0.5, 0.6) is 0 Å². The number of nitrogens with two attached hydrogens (primary N) is 1. The van der Waals surface area contributed by atoms with E-state index < -0.39 is 0 Å². The first-order valence-corrected chi connectivity index (χ1v) is 6.94. The third kappa shape index (κ3) is 2.00. The van der Waals surface area contributed by atoms with Gasteiger partial charge in [0.05, 0.1) is 16.6 Å². The fourth-order valence-electron chi connectivity index (χ4n) is 2.88. The van der Waals surface area contributed by atoms with Gasteiger partial charge in [-0.05, 0) is 43.7 Å². The van der Waals surface area contributed by atoms with E-state index in [1.807, 2.05) is 18.3 Å². The maximum absolute atomic E-state index is 5.87. The van der Waals surface area contributed by atoms with Crippen molar-refractivity contribution in [2.75, 3.05) is 6.54 Å². The van der Waals surface area contributed by atoms with Crippen molar-refractivity contribution in [1.29, 1.82) is 0 Å². The van der Waals surface area contributed by atoms with Crippen LogP contribution in [-0.4, -0.2) is 16.1 Å². The zero-order valence-electron chi connectivity index (χ0n) is 11.7. The summed E-state index contributed by atoms with van der Waals surface area (Å²) in [5.41, 5.74) is 9.16. The van der Waals surface area contributed by atoms with Gasteiger partial charge < -0.3 is 10.3 Å². The van der Waals surface area contributed by atoms with Crippen LogP contribution >= 0.6 is 0 Å². The molecule has 3 heteroatoms. The number of hydrogen-bond donors (Lipinski definition) is 1. The van der Waals surface area contributed by atoms with Gasteiger partial charge in [-0.25, -0.2) is 0 Å². The first-order valence-electron chi connectivity index (χ1n) is 6.94. The second-order valence-electron chi connectivity index (χ2n) is 5.27. The van der Waals surface area contributed by atoms with Crippen molar-refractivity contribution < 1.29 is 0 Å². The largest absolute Gasteiger partial charge is 0.336 e. The number of nitrogens with zero attached hydrogens (tertiary/aromatic N) is 2. The highest BCUT2D eigenvalue weighted by molar-refractivity contribution is 5.76. The molecule has 1 aromatic carbocycles. The number of aromatic nitrogens is 2. The predicted molar refractivity (Wildman–Crippen MR) is 82.6 cm³/mol. The molecular weight excluding hydrogens is 246 g/mol. The highest BCUT2D eigenvalue weighted by Crippen LogP contribution is 2.32. The van der Waals surface area contributed by atoms with Gasteiger partial charge in [0.2, 0.25) is 0 Å². The molecule has 0 amide bonds. The molecular formula is C17H19N3. The Morgan fingerprint density at radius 1 is 1.10 bits per heavy atom. The summed E-state index contributed by atoms with van der Waals surface area (Å²) >= 11 is 0. The molecule has 102 valence electrons. The van der Waals surface area contributed by atoms with Crippen LogP contribution in [0.3, 0.4) is 0 Å². The van der Waals surface area contributed by atoms with Crippen LogP contribution in [0.25, 0.3) is 11.0 Å². The van der Waals surface area contributed by atoms with Crippen LogP contribution in [0, 0.1) is 0 Å². The van der Waals surface area contributed by atoms with E-state index in [-0.39, 0.29) is 5.54 Å². The molecule has 0 saturated carbocycles. The van der Waals surface area contributed by atoms with Crippen molar-refractivity contribution in [2.45, 2.75) is 18.9 Å². The first kappa shape index (κ1) is 12.9. The summed E-state index contributed by atoms with van der Waals surface area (Å²) in [6.45, 7) is 2.88. The van der Waals surface area contributed by atoms with Gasteiger partial charge in [-0.1, -0.05) is 30.3 Å². The van der Waals surface area contributed by atoms with E-state index in [0.717, 1.165) is 17.5 Å². The highest BCUT2D eigenvalue weighted by atomic mass is 15.1. The number of pyridine rings is 1. The van der Waals surface area contributed by atoms with Gasteiger partial charge >= 0.3 is 0 Å². The molecule has 20 heavy (non-hydrogen) atoms. The third-order valence-corrected chi connectivity index (χ3v) is 4.02. The van der Waals surface area contributed by atoms with E-state index in [0.29, 0.717) is 6.54 Å². The van der Waals surface area contributed by atoms with E-state index in [9.17, 15) is 0 Å². The van der Waals surface area contributed by atoms with Crippen molar-refractivity contribution in [2.24, 2.45) is 5.73 Å². The lowest BCUT2D eigenvalue weighted by Crippen LogP contribution is -2.33. The lowest BCUT2D eigenvalue weighted by molar-refractivity contribution is 0.380. The smallest absolute Gasteiger partial charge is 0.0881 e. The summed E-state index contributed by atoms with van der Waals surface area (Å²) in [5, 5.41) is 0. The zero-order valence-corrected chi connectivity index (χ0v) is 11.7. The van der Waals surface area contributed by atoms with Crippen molar-refractivity contribution >= 4 is 11.0 Å². The average molecular weight is 265 g/mol. The van der Waals surface area contributed by atoms with Crippen LogP contribution in [0.1, 0.15) is 18.9 Å². The van der Waals surface area contributed by atoms with Crippen molar-refractivity contribution in [3.05, 3.63) is 66.5 Å². The molecule has 2 heterocycles. The molecule has 0 fully saturated rings. The molecule has 3 aromatic rings. The minimum absolute atomic E-state index is 0.152. The maximum Gasteiger partial charge on any atom is 0.0881 e. The maximum atomic E-state index is 5.87. The molecule has 2 aromatic heterocycles. The Bertz CT molecular complexity index is 702. The van der Waals surface area contributed by atoms with Crippen LogP contribution in [0.15, 0.2) is 60.9 Å². The summed E-state index contributed by atoms with van der Waals surface area (Å²) < 4.78 is 2.29. The van der Waals surface area contributed by atoms with Crippen molar-refractivity contribution in [3.63, 3.8) is 0 Å². The normalized spacial score (nSPS) is 14.3. The quantitative estimate of drug-likeness (QED) is 0.787. The predicted octanol–water partition coefficient (Wildman–Crippen LogP) is 3.15. The van der Waals surface area contributed by atoms with Gasteiger partial charge in [-0.2, -0.15) is 0 Å². The summed E-state index contributed by atoms with van der Waals surface area (Å²) in [5.74, 6) is 0. The molecule has 1 unspecified atom stereocenters. The van der Waals surface area contributed by atoms with E-state index in [2.05, 4.69) is 59.1 Å². The molecule has 0 radical (unpaired) electrons. The Morgan fingerprint density at radius 2 is 1.90 bits per heavy atom. The Kier molecular flexibility index (Phi) is 3.28. The molecule has 0 bridgehead atoms. The fraction of sp³-hybridized carbons (Fsp3) is 0.235.